The lowest BCUT2D eigenvalue weighted by molar-refractivity contribution is -0.442. The normalized spacial score (nSPS) is 14.6. The van der Waals surface area contributed by atoms with Gasteiger partial charge in [-0.05, 0) is 13.0 Å². The fraction of sp³-hybridized carbons (Fsp3) is 0.368. The molecule has 0 atom stereocenters. The second-order valence-electron chi connectivity index (χ2n) is 7.32. The minimum atomic E-state index is -7.99. The summed E-state index contributed by atoms with van der Waals surface area (Å²) in [5, 5.41) is 3.34. The number of aryl methyl sites for hydroxylation is 1. The Morgan fingerprint density at radius 1 is 0.657 bits per heavy atom. The Balaban J connectivity index is 2.27. The SMILES string of the molecule is Cc1cc2nc(-c3ccccc3)cc(C(F)(F)C(F)(F)C(F)(F)C(F)(F)C(F)(F)C(F)(F)F)n2n1. The molecule has 0 fully saturated rings. The van der Waals surface area contributed by atoms with E-state index >= 15 is 0 Å². The molecule has 0 saturated heterocycles. The average molecular weight is 527 g/mol. The van der Waals surface area contributed by atoms with Crippen molar-refractivity contribution in [3.05, 3.63) is 53.9 Å². The molecule has 3 nitrogen and oxygen atoms in total. The van der Waals surface area contributed by atoms with Crippen LogP contribution >= 0.6 is 0 Å². The van der Waals surface area contributed by atoms with Crippen LogP contribution in [0, 0.1) is 6.92 Å². The molecule has 2 heterocycles. The quantitative estimate of drug-likeness (QED) is 0.327. The Morgan fingerprint density at radius 2 is 1.17 bits per heavy atom. The van der Waals surface area contributed by atoms with E-state index in [0.29, 0.717) is 0 Å². The fourth-order valence-corrected chi connectivity index (χ4v) is 3.00. The molecule has 0 aliphatic rings. The molecule has 0 radical (unpaired) electrons. The number of nitrogens with zero attached hydrogens (tertiary/aromatic N) is 3. The lowest BCUT2D eigenvalue weighted by Crippen LogP contribution is -2.69. The van der Waals surface area contributed by atoms with Gasteiger partial charge in [0, 0.05) is 11.6 Å². The Kier molecular flexibility index (Phi) is 5.85. The van der Waals surface area contributed by atoms with Crippen molar-refractivity contribution in [2.24, 2.45) is 0 Å². The van der Waals surface area contributed by atoms with Crippen molar-refractivity contribution < 1.29 is 57.1 Å². The van der Waals surface area contributed by atoms with Crippen molar-refractivity contribution in [3.8, 4) is 11.3 Å². The van der Waals surface area contributed by atoms with E-state index in [9.17, 15) is 57.1 Å². The Labute approximate surface area is 186 Å². The summed E-state index contributed by atoms with van der Waals surface area (Å²) in [6.45, 7) is 1.13. The van der Waals surface area contributed by atoms with Gasteiger partial charge in [-0.2, -0.15) is 62.2 Å². The smallest absolute Gasteiger partial charge is 0.229 e. The van der Waals surface area contributed by atoms with Gasteiger partial charge >= 0.3 is 35.8 Å². The van der Waals surface area contributed by atoms with Crippen molar-refractivity contribution in [2.45, 2.75) is 42.7 Å². The highest BCUT2D eigenvalue weighted by Gasteiger charge is 2.91. The molecule has 0 unspecified atom stereocenters. The van der Waals surface area contributed by atoms with E-state index in [1.54, 1.807) is 0 Å². The zero-order valence-corrected chi connectivity index (χ0v) is 16.8. The largest absolute Gasteiger partial charge is 0.460 e. The molecule has 0 amide bonds. The lowest BCUT2D eigenvalue weighted by Gasteiger charge is -2.39. The van der Waals surface area contributed by atoms with Gasteiger partial charge in [0.05, 0.1) is 11.4 Å². The van der Waals surface area contributed by atoms with E-state index in [4.69, 9.17) is 0 Å². The van der Waals surface area contributed by atoms with Crippen LogP contribution in [0.25, 0.3) is 16.9 Å². The van der Waals surface area contributed by atoms with Crippen LogP contribution in [0.3, 0.4) is 0 Å². The highest BCUT2D eigenvalue weighted by molar-refractivity contribution is 5.63. The van der Waals surface area contributed by atoms with E-state index in [-0.39, 0.29) is 21.8 Å². The summed E-state index contributed by atoms with van der Waals surface area (Å²) in [5.74, 6) is -37.6. The zero-order chi connectivity index (χ0) is 26.8. The standard InChI is InChI=1S/C19H10F13N3/c1-9-7-13-33-11(10-5-3-2-4-6-10)8-12(35(13)34-9)14(20,21)15(22,23)16(24,25)17(26,27)18(28,29)19(30,31)32/h2-8H,1H3. The van der Waals surface area contributed by atoms with Gasteiger partial charge in [-0.25, -0.2) is 9.50 Å². The molecule has 0 spiro atoms. The van der Waals surface area contributed by atoms with Crippen molar-refractivity contribution >= 4 is 5.65 Å². The molecule has 0 aliphatic heterocycles. The molecule has 3 rings (SSSR count). The Bertz CT molecular complexity index is 1230. The maximum Gasteiger partial charge on any atom is 0.460 e. The number of hydrogen-bond donors (Lipinski definition) is 0. The van der Waals surface area contributed by atoms with Crippen LogP contribution in [0.5, 0.6) is 0 Å². The summed E-state index contributed by atoms with van der Waals surface area (Å²) in [7, 11) is 0. The van der Waals surface area contributed by atoms with Crippen LogP contribution < -0.4 is 0 Å². The van der Waals surface area contributed by atoms with Crippen molar-refractivity contribution in [3.63, 3.8) is 0 Å². The first-order chi connectivity index (χ1) is 15.7. The van der Waals surface area contributed by atoms with Gasteiger partial charge in [-0.15, -0.1) is 0 Å². The van der Waals surface area contributed by atoms with Crippen LogP contribution in [0.4, 0.5) is 57.1 Å². The number of fused-ring (bicyclic) bond motifs is 1. The number of aromatic nitrogens is 3. The van der Waals surface area contributed by atoms with Crippen LogP contribution in [-0.2, 0) is 5.92 Å². The number of halogens is 13. The molecule has 192 valence electrons. The summed E-state index contributed by atoms with van der Waals surface area (Å²) >= 11 is 0. The molecule has 0 aliphatic carbocycles. The molecule has 3 aromatic rings. The minimum Gasteiger partial charge on any atom is -0.229 e. The molecule has 35 heavy (non-hydrogen) atoms. The summed E-state index contributed by atoms with van der Waals surface area (Å²) in [4.78, 5) is 3.82. The van der Waals surface area contributed by atoms with Crippen molar-refractivity contribution in [1.29, 1.82) is 0 Å². The van der Waals surface area contributed by atoms with Crippen LogP contribution in [0.2, 0.25) is 0 Å². The fourth-order valence-electron chi connectivity index (χ4n) is 3.00. The van der Waals surface area contributed by atoms with Crippen LogP contribution in [-0.4, -0.2) is 44.5 Å². The summed E-state index contributed by atoms with van der Waals surface area (Å²) in [6, 6.07) is 7.52. The molecular formula is C19H10F13N3. The molecule has 2 aromatic heterocycles. The molecular weight excluding hydrogens is 517 g/mol. The Hall–Kier alpha value is -3.07. The number of rotatable bonds is 6. The van der Waals surface area contributed by atoms with E-state index in [1.807, 2.05) is 0 Å². The summed E-state index contributed by atoms with van der Waals surface area (Å²) < 4.78 is 177. The first-order valence-corrected chi connectivity index (χ1v) is 9.09. The highest BCUT2D eigenvalue weighted by atomic mass is 19.4. The van der Waals surface area contributed by atoms with Crippen molar-refractivity contribution in [2.75, 3.05) is 0 Å². The monoisotopic (exact) mass is 527 g/mol. The first-order valence-electron chi connectivity index (χ1n) is 9.09. The van der Waals surface area contributed by atoms with Crippen LogP contribution in [0.1, 0.15) is 11.4 Å². The third kappa shape index (κ3) is 3.67. The van der Waals surface area contributed by atoms with Gasteiger partial charge in [0.25, 0.3) is 0 Å². The molecule has 1 aromatic carbocycles. The minimum absolute atomic E-state index is 0.0464. The third-order valence-electron chi connectivity index (χ3n) is 4.87. The van der Waals surface area contributed by atoms with Gasteiger partial charge in [0.2, 0.25) is 0 Å². The number of hydrogen-bond acceptors (Lipinski definition) is 2. The van der Waals surface area contributed by atoms with E-state index in [1.165, 1.54) is 30.3 Å². The number of alkyl halides is 13. The number of benzene rings is 1. The molecule has 0 N–H and O–H groups in total. The van der Waals surface area contributed by atoms with Gasteiger partial charge in [0.1, 0.15) is 5.69 Å². The topological polar surface area (TPSA) is 30.2 Å². The van der Waals surface area contributed by atoms with Gasteiger partial charge in [-0.1, -0.05) is 30.3 Å². The molecule has 16 heteroatoms. The predicted molar refractivity (Wildman–Crippen MR) is 92.9 cm³/mol. The van der Waals surface area contributed by atoms with Crippen LogP contribution in [0.15, 0.2) is 42.5 Å². The lowest BCUT2D eigenvalue weighted by atomic mass is 9.92. The second kappa shape index (κ2) is 7.71. The van der Waals surface area contributed by atoms with Gasteiger partial charge in [0.15, 0.2) is 5.65 Å². The average Bonchev–Trinajstić information content (AvgIpc) is 3.12. The van der Waals surface area contributed by atoms with E-state index in [0.717, 1.165) is 13.0 Å². The maximum absolute atomic E-state index is 14.9. The van der Waals surface area contributed by atoms with Crippen molar-refractivity contribution in [1.82, 2.24) is 14.6 Å². The predicted octanol–water partition coefficient (Wildman–Crippen LogP) is 6.90. The first kappa shape index (κ1) is 26.5. The van der Waals surface area contributed by atoms with E-state index in [2.05, 4.69) is 10.1 Å². The second-order valence-corrected chi connectivity index (χ2v) is 7.32. The Morgan fingerprint density at radius 3 is 1.69 bits per heavy atom. The third-order valence-corrected chi connectivity index (χ3v) is 4.87. The zero-order valence-electron chi connectivity index (χ0n) is 16.8. The highest BCUT2D eigenvalue weighted by Crippen LogP contribution is 2.62. The van der Waals surface area contributed by atoms with Gasteiger partial charge in [-0.3, -0.25) is 0 Å². The molecule has 0 bridgehead atoms. The van der Waals surface area contributed by atoms with Gasteiger partial charge < -0.3 is 0 Å². The summed E-state index contributed by atoms with van der Waals surface area (Å²) in [6.07, 6.45) is -7.48. The maximum atomic E-state index is 14.9. The summed E-state index contributed by atoms with van der Waals surface area (Å²) in [5.41, 5.74) is -3.69. The molecule has 0 saturated carbocycles. The van der Waals surface area contributed by atoms with E-state index < -0.39 is 52.8 Å².